The summed E-state index contributed by atoms with van der Waals surface area (Å²) < 4.78 is 5.41. The van der Waals surface area contributed by atoms with Crippen molar-refractivity contribution in [2.75, 3.05) is 0 Å². The van der Waals surface area contributed by atoms with E-state index in [9.17, 15) is 15.2 Å². The summed E-state index contributed by atoms with van der Waals surface area (Å²) in [4.78, 5) is 10.0. The summed E-state index contributed by atoms with van der Waals surface area (Å²) in [7, 11) is 0. The van der Waals surface area contributed by atoms with Gasteiger partial charge in [0.05, 0.1) is 15.0 Å². The molecule has 0 heterocycles. The Morgan fingerprint density at radius 2 is 1.70 bits per heavy atom. The quantitative estimate of drug-likeness (QED) is 0.629. The molecule has 0 saturated heterocycles. The molecule has 0 spiro atoms. The Balaban J connectivity index is 2.35. The van der Waals surface area contributed by atoms with Crippen LogP contribution in [-0.4, -0.2) is 10.0 Å². The molecule has 0 radical (unpaired) electrons. The monoisotopic (exact) mass is 333 g/mol. The number of rotatable bonds is 3. The van der Waals surface area contributed by atoms with Crippen molar-refractivity contribution < 1.29 is 14.8 Å². The van der Waals surface area contributed by atoms with Gasteiger partial charge >= 0.3 is 0 Å². The van der Waals surface area contributed by atoms with Crippen molar-refractivity contribution in [2.45, 2.75) is 0 Å². The lowest BCUT2D eigenvalue weighted by atomic mass is 10.3. The SMILES string of the molecule is O=[N+]([O-])c1ccc(Oc2c(Cl)cc(Cl)c(O)c2Cl)cc1. The minimum absolute atomic E-state index is 0.00366. The molecule has 0 amide bonds. The smallest absolute Gasteiger partial charge is 0.269 e. The molecule has 2 aromatic rings. The summed E-state index contributed by atoms with van der Waals surface area (Å²) in [5.41, 5.74) is -0.0755. The van der Waals surface area contributed by atoms with Crippen molar-refractivity contribution in [3.05, 3.63) is 55.5 Å². The average molecular weight is 335 g/mol. The van der Waals surface area contributed by atoms with Gasteiger partial charge in [0.15, 0.2) is 11.5 Å². The number of phenols is 1. The Hall–Kier alpha value is -1.69. The Labute approximate surface area is 128 Å². The van der Waals surface area contributed by atoms with Crippen molar-refractivity contribution in [3.63, 3.8) is 0 Å². The zero-order valence-corrected chi connectivity index (χ0v) is 11.9. The number of hydrogen-bond acceptors (Lipinski definition) is 4. The zero-order valence-electron chi connectivity index (χ0n) is 9.64. The molecule has 0 fully saturated rings. The molecule has 0 aliphatic heterocycles. The third-order valence-corrected chi connectivity index (χ3v) is 3.29. The number of benzene rings is 2. The Kier molecular flexibility index (Phi) is 4.23. The first-order valence-corrected chi connectivity index (χ1v) is 6.32. The number of nitro groups is 1. The number of hydrogen-bond donors (Lipinski definition) is 1. The van der Waals surface area contributed by atoms with Crippen LogP contribution in [0.1, 0.15) is 0 Å². The molecule has 5 nitrogen and oxygen atoms in total. The standard InChI is InChI=1S/C12H6Cl3NO4/c13-8-5-9(14)12(10(15)11(8)17)20-7-3-1-6(2-4-7)16(18)19/h1-5,17H. The van der Waals surface area contributed by atoms with E-state index in [0.29, 0.717) is 0 Å². The Morgan fingerprint density at radius 1 is 1.10 bits per heavy atom. The highest BCUT2D eigenvalue weighted by Gasteiger charge is 2.17. The largest absolute Gasteiger partial charge is 0.505 e. The Bertz CT molecular complexity index is 673. The van der Waals surface area contributed by atoms with Crippen LogP contribution in [0.5, 0.6) is 17.2 Å². The number of ether oxygens (including phenoxy) is 1. The molecule has 2 rings (SSSR count). The number of halogens is 3. The number of phenolic OH excluding ortho intramolecular Hbond substituents is 1. The molecule has 0 unspecified atom stereocenters. The minimum atomic E-state index is -0.530. The van der Waals surface area contributed by atoms with Gasteiger partial charge in [-0.2, -0.15) is 0 Å². The van der Waals surface area contributed by atoms with Crippen LogP contribution in [-0.2, 0) is 0 Å². The van der Waals surface area contributed by atoms with E-state index >= 15 is 0 Å². The van der Waals surface area contributed by atoms with Gasteiger partial charge in [0.25, 0.3) is 5.69 Å². The van der Waals surface area contributed by atoms with Crippen LogP contribution in [0.25, 0.3) is 0 Å². The average Bonchev–Trinajstić information content (AvgIpc) is 2.42. The number of nitro benzene ring substituents is 1. The second kappa shape index (κ2) is 5.75. The highest BCUT2D eigenvalue weighted by Crippen LogP contribution is 2.45. The molecule has 1 N–H and O–H groups in total. The molecule has 0 saturated carbocycles. The fourth-order valence-electron chi connectivity index (χ4n) is 1.41. The summed E-state index contributed by atoms with van der Waals surface area (Å²) in [5.74, 6) is -0.0557. The normalized spacial score (nSPS) is 10.3. The van der Waals surface area contributed by atoms with E-state index in [4.69, 9.17) is 39.5 Å². The number of nitrogens with zero attached hydrogens (tertiary/aromatic N) is 1. The van der Waals surface area contributed by atoms with Crippen molar-refractivity contribution in [1.82, 2.24) is 0 Å². The predicted octanol–water partition coefficient (Wildman–Crippen LogP) is 5.05. The van der Waals surface area contributed by atoms with Gasteiger partial charge in [-0.3, -0.25) is 10.1 Å². The van der Waals surface area contributed by atoms with Crippen molar-refractivity contribution in [1.29, 1.82) is 0 Å². The summed E-state index contributed by atoms with van der Waals surface area (Å²) in [5, 5.41) is 20.1. The summed E-state index contributed by atoms with van der Waals surface area (Å²) in [6.45, 7) is 0. The first kappa shape index (κ1) is 14.7. The van der Waals surface area contributed by atoms with E-state index in [2.05, 4.69) is 0 Å². The topological polar surface area (TPSA) is 72.6 Å². The van der Waals surface area contributed by atoms with E-state index in [1.807, 2.05) is 0 Å². The van der Waals surface area contributed by atoms with Crippen LogP contribution >= 0.6 is 34.8 Å². The third kappa shape index (κ3) is 2.90. The summed E-state index contributed by atoms with van der Waals surface area (Å²) in [6, 6.07) is 6.60. The lowest BCUT2D eigenvalue weighted by molar-refractivity contribution is -0.384. The third-order valence-electron chi connectivity index (χ3n) is 2.37. The fraction of sp³-hybridized carbons (Fsp3) is 0. The van der Waals surface area contributed by atoms with Gasteiger partial charge in [-0.05, 0) is 18.2 Å². The van der Waals surface area contributed by atoms with Crippen LogP contribution in [0, 0.1) is 10.1 Å². The highest BCUT2D eigenvalue weighted by atomic mass is 35.5. The van der Waals surface area contributed by atoms with Crippen LogP contribution in [0.3, 0.4) is 0 Å². The van der Waals surface area contributed by atoms with E-state index in [0.717, 1.165) is 0 Å². The van der Waals surface area contributed by atoms with Gasteiger partial charge in [0, 0.05) is 12.1 Å². The van der Waals surface area contributed by atoms with E-state index in [1.54, 1.807) is 0 Å². The molecule has 0 atom stereocenters. The van der Waals surface area contributed by atoms with Gasteiger partial charge < -0.3 is 9.84 Å². The first-order chi connectivity index (χ1) is 9.40. The molecule has 20 heavy (non-hydrogen) atoms. The van der Waals surface area contributed by atoms with Crippen molar-refractivity contribution in [3.8, 4) is 17.2 Å². The second-order valence-corrected chi connectivity index (χ2v) is 4.88. The van der Waals surface area contributed by atoms with E-state index < -0.39 is 4.92 Å². The van der Waals surface area contributed by atoms with Crippen molar-refractivity contribution in [2.24, 2.45) is 0 Å². The summed E-state index contributed by atoms with van der Waals surface area (Å²) in [6.07, 6.45) is 0. The number of non-ortho nitro benzene ring substituents is 1. The Morgan fingerprint density at radius 3 is 2.25 bits per heavy atom. The lowest BCUT2D eigenvalue weighted by Crippen LogP contribution is -1.90. The second-order valence-electron chi connectivity index (χ2n) is 3.68. The maximum absolute atomic E-state index is 10.5. The molecular weight excluding hydrogens is 328 g/mol. The molecule has 0 bridgehead atoms. The van der Waals surface area contributed by atoms with Gasteiger partial charge in [-0.15, -0.1) is 0 Å². The highest BCUT2D eigenvalue weighted by molar-refractivity contribution is 6.42. The zero-order chi connectivity index (χ0) is 14.9. The fourth-order valence-corrected chi connectivity index (χ4v) is 2.25. The maximum Gasteiger partial charge on any atom is 0.269 e. The van der Waals surface area contributed by atoms with Gasteiger partial charge in [-0.25, -0.2) is 0 Å². The van der Waals surface area contributed by atoms with Crippen LogP contribution in [0.15, 0.2) is 30.3 Å². The predicted molar refractivity (Wildman–Crippen MR) is 76.3 cm³/mol. The maximum atomic E-state index is 10.5. The van der Waals surface area contributed by atoms with Crippen molar-refractivity contribution >= 4 is 40.5 Å². The lowest BCUT2D eigenvalue weighted by Gasteiger charge is -2.11. The molecule has 0 aliphatic carbocycles. The molecule has 0 aromatic heterocycles. The van der Waals surface area contributed by atoms with Gasteiger partial charge in [0.2, 0.25) is 0 Å². The molecule has 2 aromatic carbocycles. The van der Waals surface area contributed by atoms with Crippen LogP contribution < -0.4 is 4.74 Å². The molecule has 0 aliphatic rings. The minimum Gasteiger partial charge on any atom is -0.505 e. The van der Waals surface area contributed by atoms with Gasteiger partial charge in [0.1, 0.15) is 10.8 Å². The molecule has 104 valence electrons. The molecular formula is C12H6Cl3NO4. The van der Waals surface area contributed by atoms with Crippen LogP contribution in [0.2, 0.25) is 15.1 Å². The molecule has 8 heteroatoms. The van der Waals surface area contributed by atoms with E-state index in [-0.39, 0.29) is 38.0 Å². The number of aromatic hydroxyl groups is 1. The summed E-state index contributed by atoms with van der Waals surface area (Å²) >= 11 is 17.5. The first-order valence-electron chi connectivity index (χ1n) is 5.19. The van der Waals surface area contributed by atoms with Gasteiger partial charge in [-0.1, -0.05) is 34.8 Å². The van der Waals surface area contributed by atoms with Crippen LogP contribution in [0.4, 0.5) is 5.69 Å². The van der Waals surface area contributed by atoms with E-state index in [1.165, 1.54) is 30.3 Å².